The number of hydrogen-bond donors (Lipinski definition) is 0. The summed E-state index contributed by atoms with van der Waals surface area (Å²) in [5, 5.41) is 0. The standard InChI is InChI=1S/C20H24N2O4S/c1-16-3-9-19(10-4-16)27(24)26-15-20(23)22-13-11-21(12-14-22)17-5-7-18(25-2)8-6-17/h3-10H,11-15H2,1-2H3. The van der Waals surface area contributed by atoms with Gasteiger partial charge < -0.3 is 14.5 Å². The molecule has 0 N–H and O–H groups in total. The van der Waals surface area contributed by atoms with Crippen LogP contribution in [0.3, 0.4) is 0 Å². The lowest BCUT2D eigenvalue weighted by Crippen LogP contribution is -2.49. The van der Waals surface area contributed by atoms with Gasteiger partial charge in [-0.1, -0.05) is 17.7 Å². The van der Waals surface area contributed by atoms with Gasteiger partial charge in [-0.3, -0.25) is 8.98 Å². The summed E-state index contributed by atoms with van der Waals surface area (Å²) in [5.41, 5.74) is 2.20. The Labute approximate surface area is 162 Å². The summed E-state index contributed by atoms with van der Waals surface area (Å²) in [6.07, 6.45) is 0. The van der Waals surface area contributed by atoms with E-state index in [1.54, 1.807) is 24.1 Å². The van der Waals surface area contributed by atoms with E-state index < -0.39 is 11.1 Å². The number of benzene rings is 2. The minimum atomic E-state index is -1.63. The second-order valence-electron chi connectivity index (χ2n) is 6.38. The molecule has 2 aromatic rings. The highest BCUT2D eigenvalue weighted by molar-refractivity contribution is 7.80. The molecule has 1 aliphatic heterocycles. The fraction of sp³-hybridized carbons (Fsp3) is 0.350. The zero-order valence-corrected chi connectivity index (χ0v) is 16.4. The molecule has 0 radical (unpaired) electrons. The molecule has 0 spiro atoms. The zero-order valence-electron chi connectivity index (χ0n) is 15.6. The first-order valence-corrected chi connectivity index (χ1v) is 9.93. The molecule has 1 fully saturated rings. The molecule has 0 bridgehead atoms. The maximum atomic E-state index is 12.3. The maximum Gasteiger partial charge on any atom is 0.250 e. The van der Waals surface area contributed by atoms with E-state index in [0.29, 0.717) is 18.0 Å². The van der Waals surface area contributed by atoms with Crippen molar-refractivity contribution < 1.29 is 17.9 Å². The average Bonchev–Trinajstić information content (AvgIpc) is 2.72. The third-order valence-electron chi connectivity index (χ3n) is 4.57. The predicted octanol–water partition coefficient (Wildman–Crippen LogP) is 2.39. The van der Waals surface area contributed by atoms with Crippen LogP contribution in [0.5, 0.6) is 5.75 Å². The Morgan fingerprint density at radius 2 is 1.63 bits per heavy atom. The van der Waals surface area contributed by atoms with Crippen molar-refractivity contribution in [3.05, 3.63) is 54.1 Å². The number of ether oxygens (including phenoxy) is 1. The van der Waals surface area contributed by atoms with Crippen LogP contribution in [0.15, 0.2) is 53.4 Å². The van der Waals surface area contributed by atoms with Gasteiger partial charge in [0.15, 0.2) is 11.1 Å². The third kappa shape index (κ3) is 5.08. The van der Waals surface area contributed by atoms with Crippen molar-refractivity contribution in [2.24, 2.45) is 0 Å². The lowest BCUT2D eigenvalue weighted by Gasteiger charge is -2.36. The van der Waals surface area contributed by atoms with Crippen molar-refractivity contribution in [3.8, 4) is 5.75 Å². The van der Waals surface area contributed by atoms with Gasteiger partial charge in [0, 0.05) is 31.9 Å². The Hall–Kier alpha value is -2.38. The van der Waals surface area contributed by atoms with Crippen LogP contribution in [0.4, 0.5) is 5.69 Å². The largest absolute Gasteiger partial charge is 0.497 e. The number of rotatable bonds is 6. The number of anilines is 1. The third-order valence-corrected chi connectivity index (χ3v) is 5.56. The number of carbonyl (C=O) groups is 1. The van der Waals surface area contributed by atoms with Gasteiger partial charge in [-0.25, -0.2) is 4.21 Å². The van der Waals surface area contributed by atoms with Gasteiger partial charge in [0.2, 0.25) is 5.91 Å². The van der Waals surface area contributed by atoms with Crippen LogP contribution in [0.1, 0.15) is 5.56 Å². The van der Waals surface area contributed by atoms with E-state index >= 15 is 0 Å². The molecule has 6 nitrogen and oxygen atoms in total. The van der Waals surface area contributed by atoms with E-state index in [2.05, 4.69) is 4.90 Å². The quantitative estimate of drug-likeness (QED) is 0.761. The minimum absolute atomic E-state index is 0.134. The molecule has 0 aromatic heterocycles. The number of nitrogens with zero attached hydrogens (tertiary/aromatic N) is 2. The van der Waals surface area contributed by atoms with Crippen LogP contribution in [0.2, 0.25) is 0 Å². The second-order valence-corrected chi connectivity index (χ2v) is 7.55. The molecule has 27 heavy (non-hydrogen) atoms. The molecule has 2 aromatic carbocycles. The lowest BCUT2D eigenvalue weighted by atomic mass is 10.2. The Balaban J connectivity index is 1.46. The highest BCUT2D eigenvalue weighted by atomic mass is 32.2. The Morgan fingerprint density at radius 3 is 2.22 bits per heavy atom. The summed E-state index contributed by atoms with van der Waals surface area (Å²) < 4.78 is 22.6. The summed E-state index contributed by atoms with van der Waals surface area (Å²) >= 11 is -1.63. The molecule has 1 aliphatic rings. The summed E-state index contributed by atoms with van der Waals surface area (Å²) in [6, 6.07) is 15.1. The van der Waals surface area contributed by atoms with Gasteiger partial charge in [0.25, 0.3) is 0 Å². The predicted molar refractivity (Wildman–Crippen MR) is 105 cm³/mol. The van der Waals surface area contributed by atoms with Crippen molar-refractivity contribution in [2.45, 2.75) is 11.8 Å². The van der Waals surface area contributed by atoms with E-state index in [0.717, 1.165) is 30.1 Å². The number of methoxy groups -OCH3 is 1. The molecular weight excluding hydrogens is 364 g/mol. The fourth-order valence-corrected chi connectivity index (χ4v) is 3.62. The number of piperazine rings is 1. The summed E-state index contributed by atoms with van der Waals surface area (Å²) in [7, 11) is 1.65. The molecule has 0 aliphatic carbocycles. The number of aryl methyl sites for hydroxylation is 1. The average molecular weight is 388 g/mol. The monoisotopic (exact) mass is 388 g/mol. The maximum absolute atomic E-state index is 12.3. The number of amides is 1. The molecule has 3 rings (SSSR count). The second kappa shape index (κ2) is 9.01. The number of carbonyl (C=O) groups excluding carboxylic acids is 1. The summed E-state index contributed by atoms with van der Waals surface area (Å²) in [6.45, 7) is 4.51. The molecule has 1 amide bonds. The molecular formula is C20H24N2O4S. The molecule has 1 saturated heterocycles. The van der Waals surface area contributed by atoms with Crippen molar-refractivity contribution in [3.63, 3.8) is 0 Å². The highest BCUT2D eigenvalue weighted by Crippen LogP contribution is 2.20. The van der Waals surface area contributed by atoms with Crippen LogP contribution in [-0.2, 0) is 20.1 Å². The molecule has 1 heterocycles. The van der Waals surface area contributed by atoms with E-state index in [-0.39, 0.29) is 12.5 Å². The Morgan fingerprint density at radius 1 is 1.00 bits per heavy atom. The SMILES string of the molecule is COc1ccc(N2CCN(C(=O)COS(=O)c3ccc(C)cc3)CC2)cc1. The Bertz CT molecular complexity index is 785. The van der Waals surface area contributed by atoms with Gasteiger partial charge in [-0.2, -0.15) is 0 Å². The van der Waals surface area contributed by atoms with Crippen LogP contribution in [0.25, 0.3) is 0 Å². The number of hydrogen-bond acceptors (Lipinski definition) is 5. The topological polar surface area (TPSA) is 59.1 Å². The first-order valence-electron chi connectivity index (χ1n) is 8.85. The van der Waals surface area contributed by atoms with Crippen LogP contribution >= 0.6 is 0 Å². The van der Waals surface area contributed by atoms with E-state index in [4.69, 9.17) is 8.92 Å². The van der Waals surface area contributed by atoms with Crippen molar-refractivity contribution in [2.75, 3.05) is 44.8 Å². The molecule has 1 unspecified atom stereocenters. The van der Waals surface area contributed by atoms with E-state index in [9.17, 15) is 9.00 Å². The van der Waals surface area contributed by atoms with Gasteiger partial charge in [0.05, 0.1) is 12.0 Å². The first kappa shape index (κ1) is 19.4. The molecule has 0 saturated carbocycles. The lowest BCUT2D eigenvalue weighted by molar-refractivity contribution is -0.133. The highest BCUT2D eigenvalue weighted by Gasteiger charge is 2.22. The van der Waals surface area contributed by atoms with Crippen molar-refractivity contribution >= 4 is 22.7 Å². The Kier molecular flexibility index (Phi) is 6.47. The normalized spacial score (nSPS) is 15.5. The van der Waals surface area contributed by atoms with E-state index in [1.807, 2.05) is 43.3 Å². The van der Waals surface area contributed by atoms with Crippen molar-refractivity contribution in [1.82, 2.24) is 4.90 Å². The molecule has 7 heteroatoms. The van der Waals surface area contributed by atoms with Crippen molar-refractivity contribution in [1.29, 1.82) is 0 Å². The van der Waals surface area contributed by atoms with Gasteiger partial charge in [-0.05, 0) is 43.3 Å². The minimum Gasteiger partial charge on any atom is -0.497 e. The van der Waals surface area contributed by atoms with Gasteiger partial charge >= 0.3 is 0 Å². The zero-order chi connectivity index (χ0) is 19.2. The van der Waals surface area contributed by atoms with Gasteiger partial charge in [-0.15, -0.1) is 0 Å². The summed E-state index contributed by atoms with van der Waals surface area (Å²) in [4.78, 5) is 16.9. The smallest absolute Gasteiger partial charge is 0.250 e. The summed E-state index contributed by atoms with van der Waals surface area (Å²) in [5.74, 6) is 0.691. The van der Waals surface area contributed by atoms with Gasteiger partial charge in [0.1, 0.15) is 12.4 Å². The fourth-order valence-electron chi connectivity index (χ4n) is 2.92. The van der Waals surface area contributed by atoms with Crippen LogP contribution in [-0.4, -0.2) is 54.9 Å². The first-order chi connectivity index (χ1) is 13.1. The van der Waals surface area contributed by atoms with Crippen LogP contribution < -0.4 is 9.64 Å². The molecule has 144 valence electrons. The molecule has 1 atom stereocenters. The van der Waals surface area contributed by atoms with Crippen LogP contribution in [0, 0.1) is 6.92 Å². The van der Waals surface area contributed by atoms with E-state index in [1.165, 1.54) is 0 Å².